The zero-order valence-corrected chi connectivity index (χ0v) is 20.2. The van der Waals surface area contributed by atoms with E-state index < -0.39 is 4.92 Å². The van der Waals surface area contributed by atoms with E-state index in [1.807, 2.05) is 37.3 Å². The van der Waals surface area contributed by atoms with E-state index in [0.717, 1.165) is 10.5 Å². The third-order valence-electron chi connectivity index (χ3n) is 4.87. The number of amides is 2. The average molecular weight is 505 g/mol. The van der Waals surface area contributed by atoms with Crippen LogP contribution in [0.1, 0.15) is 15.9 Å². The topological polar surface area (TPSA) is 114 Å². The van der Waals surface area contributed by atoms with Gasteiger partial charge in [-0.15, -0.1) is 23.1 Å². The second-order valence-corrected chi connectivity index (χ2v) is 9.44. The third-order valence-corrected chi connectivity index (χ3v) is 6.64. The fraction of sp³-hybridized carbons (Fsp3) is 0.0800. The van der Waals surface area contributed by atoms with Crippen LogP contribution >= 0.6 is 23.1 Å². The molecule has 0 radical (unpaired) electrons. The van der Waals surface area contributed by atoms with Crippen molar-refractivity contribution < 1.29 is 14.5 Å². The lowest BCUT2D eigenvalue weighted by molar-refractivity contribution is -0.384. The van der Waals surface area contributed by atoms with Gasteiger partial charge in [0.25, 0.3) is 11.6 Å². The number of aromatic nitrogens is 1. The molecule has 10 heteroatoms. The summed E-state index contributed by atoms with van der Waals surface area (Å²) in [6, 6.07) is 20.8. The number of non-ortho nitro benzene ring substituents is 1. The maximum atomic E-state index is 12.4. The van der Waals surface area contributed by atoms with Gasteiger partial charge >= 0.3 is 0 Å². The van der Waals surface area contributed by atoms with Crippen molar-refractivity contribution in [3.63, 3.8) is 0 Å². The van der Waals surface area contributed by atoms with Crippen molar-refractivity contribution in [2.45, 2.75) is 11.8 Å². The first-order chi connectivity index (χ1) is 16.9. The number of nitro benzene ring substituents is 1. The molecule has 0 atom stereocenters. The molecule has 0 unspecified atom stereocenters. The smallest absolute Gasteiger partial charge is 0.270 e. The molecule has 0 saturated heterocycles. The highest BCUT2D eigenvalue weighted by atomic mass is 32.2. The quantitative estimate of drug-likeness (QED) is 0.173. The lowest BCUT2D eigenvalue weighted by atomic mass is 10.1. The van der Waals surface area contributed by atoms with Crippen molar-refractivity contribution in [3.8, 4) is 11.3 Å². The van der Waals surface area contributed by atoms with Crippen molar-refractivity contribution in [1.29, 1.82) is 0 Å². The van der Waals surface area contributed by atoms with Crippen molar-refractivity contribution in [2.24, 2.45) is 0 Å². The number of thioether (sulfide) groups is 1. The van der Waals surface area contributed by atoms with Crippen LogP contribution in [0.3, 0.4) is 0 Å². The second kappa shape index (κ2) is 10.9. The Morgan fingerprint density at radius 2 is 1.80 bits per heavy atom. The molecule has 0 spiro atoms. The first kappa shape index (κ1) is 24.1. The zero-order valence-electron chi connectivity index (χ0n) is 18.6. The normalized spacial score (nSPS) is 10.5. The molecule has 0 aliphatic carbocycles. The van der Waals surface area contributed by atoms with Gasteiger partial charge in [0, 0.05) is 39.2 Å². The van der Waals surface area contributed by atoms with Gasteiger partial charge in [0.1, 0.15) is 0 Å². The Kier molecular flexibility index (Phi) is 7.54. The SMILES string of the molecule is Cc1cccc(C(=O)Nc2ccc(SCC(=O)Nc3nc(-c4cccc([N+](=O)[O-])c4)cs3)cc2)c1. The highest BCUT2D eigenvalue weighted by molar-refractivity contribution is 8.00. The van der Waals surface area contributed by atoms with Gasteiger partial charge in [-0.25, -0.2) is 4.98 Å². The number of hydrogen-bond donors (Lipinski definition) is 2. The number of thiazole rings is 1. The largest absolute Gasteiger partial charge is 0.322 e. The van der Waals surface area contributed by atoms with Crippen LogP contribution in [0.4, 0.5) is 16.5 Å². The Labute approximate surface area is 209 Å². The molecule has 0 aliphatic rings. The van der Waals surface area contributed by atoms with E-state index in [4.69, 9.17) is 0 Å². The molecule has 2 amide bonds. The van der Waals surface area contributed by atoms with Crippen LogP contribution in [0.5, 0.6) is 0 Å². The molecule has 4 rings (SSSR count). The minimum absolute atomic E-state index is 0.0155. The van der Waals surface area contributed by atoms with E-state index >= 15 is 0 Å². The minimum atomic E-state index is -0.458. The number of carbonyl (C=O) groups is 2. The summed E-state index contributed by atoms with van der Waals surface area (Å²) in [4.78, 5) is 40.5. The van der Waals surface area contributed by atoms with Crippen molar-refractivity contribution >= 4 is 51.4 Å². The van der Waals surface area contributed by atoms with Crippen molar-refractivity contribution in [2.75, 3.05) is 16.4 Å². The van der Waals surface area contributed by atoms with Gasteiger partial charge in [0.15, 0.2) is 5.13 Å². The van der Waals surface area contributed by atoms with E-state index in [0.29, 0.717) is 27.6 Å². The molecule has 0 saturated carbocycles. The van der Waals surface area contributed by atoms with E-state index in [2.05, 4.69) is 15.6 Å². The molecule has 1 heterocycles. The van der Waals surface area contributed by atoms with E-state index in [9.17, 15) is 19.7 Å². The summed E-state index contributed by atoms with van der Waals surface area (Å²) >= 11 is 2.61. The molecular weight excluding hydrogens is 484 g/mol. The Morgan fingerprint density at radius 3 is 2.54 bits per heavy atom. The van der Waals surface area contributed by atoms with Crippen LogP contribution in [-0.4, -0.2) is 27.5 Å². The second-order valence-electron chi connectivity index (χ2n) is 7.53. The summed E-state index contributed by atoms with van der Waals surface area (Å²) in [6.45, 7) is 1.93. The summed E-state index contributed by atoms with van der Waals surface area (Å²) in [6.07, 6.45) is 0. The monoisotopic (exact) mass is 504 g/mol. The van der Waals surface area contributed by atoms with Crippen LogP contribution in [0, 0.1) is 17.0 Å². The molecule has 3 aromatic carbocycles. The first-order valence-corrected chi connectivity index (χ1v) is 12.3. The van der Waals surface area contributed by atoms with Crippen LogP contribution in [0.25, 0.3) is 11.3 Å². The van der Waals surface area contributed by atoms with E-state index in [1.54, 1.807) is 35.7 Å². The number of hydrogen-bond acceptors (Lipinski definition) is 7. The number of anilines is 2. The van der Waals surface area contributed by atoms with Gasteiger partial charge in [-0.1, -0.05) is 29.8 Å². The maximum absolute atomic E-state index is 12.4. The summed E-state index contributed by atoms with van der Waals surface area (Å²) in [5.74, 6) is -0.214. The Balaban J connectivity index is 1.29. The van der Waals surface area contributed by atoms with Crippen LogP contribution in [-0.2, 0) is 4.79 Å². The molecule has 0 aliphatic heterocycles. The molecule has 1 aromatic heterocycles. The van der Waals surface area contributed by atoms with Gasteiger partial charge in [-0.3, -0.25) is 19.7 Å². The van der Waals surface area contributed by atoms with Gasteiger partial charge in [0.2, 0.25) is 5.91 Å². The molecule has 4 aromatic rings. The summed E-state index contributed by atoms with van der Waals surface area (Å²) in [5.41, 5.74) is 3.43. The van der Waals surface area contributed by atoms with Crippen molar-refractivity contribution in [1.82, 2.24) is 4.98 Å². The van der Waals surface area contributed by atoms with Crippen molar-refractivity contribution in [3.05, 3.63) is 99.4 Å². The number of rotatable bonds is 8. The molecule has 8 nitrogen and oxygen atoms in total. The number of benzene rings is 3. The van der Waals surface area contributed by atoms with E-state index in [-0.39, 0.29) is 23.3 Å². The first-order valence-electron chi connectivity index (χ1n) is 10.5. The number of nitrogens with one attached hydrogen (secondary N) is 2. The lowest BCUT2D eigenvalue weighted by Gasteiger charge is -2.07. The third kappa shape index (κ3) is 6.52. The molecule has 0 bridgehead atoms. The minimum Gasteiger partial charge on any atom is -0.322 e. The lowest BCUT2D eigenvalue weighted by Crippen LogP contribution is -2.13. The number of aryl methyl sites for hydroxylation is 1. The van der Waals surface area contributed by atoms with Crippen LogP contribution in [0.15, 0.2) is 83.1 Å². The van der Waals surface area contributed by atoms with E-state index in [1.165, 1.54) is 35.2 Å². The predicted octanol–water partition coefficient (Wildman–Crippen LogP) is 6.01. The Hall–Kier alpha value is -4.02. The van der Waals surface area contributed by atoms with Crippen LogP contribution in [0.2, 0.25) is 0 Å². The van der Waals surface area contributed by atoms with Crippen LogP contribution < -0.4 is 10.6 Å². The molecular formula is C25H20N4O4S2. The fourth-order valence-corrected chi connectivity index (χ4v) is 4.61. The number of nitro groups is 1. The Morgan fingerprint density at radius 1 is 1.03 bits per heavy atom. The summed E-state index contributed by atoms with van der Waals surface area (Å²) in [5, 5.41) is 18.8. The molecule has 35 heavy (non-hydrogen) atoms. The summed E-state index contributed by atoms with van der Waals surface area (Å²) in [7, 11) is 0. The zero-order chi connectivity index (χ0) is 24.8. The maximum Gasteiger partial charge on any atom is 0.270 e. The molecule has 176 valence electrons. The number of nitrogens with zero attached hydrogens (tertiary/aromatic N) is 2. The highest BCUT2D eigenvalue weighted by Gasteiger charge is 2.12. The highest BCUT2D eigenvalue weighted by Crippen LogP contribution is 2.28. The van der Waals surface area contributed by atoms with Gasteiger partial charge in [-0.2, -0.15) is 0 Å². The molecule has 2 N–H and O–H groups in total. The molecule has 0 fully saturated rings. The van der Waals surface area contributed by atoms with Gasteiger partial charge < -0.3 is 10.6 Å². The van der Waals surface area contributed by atoms with Gasteiger partial charge in [0.05, 0.1) is 16.4 Å². The Bertz CT molecular complexity index is 1390. The predicted molar refractivity (Wildman–Crippen MR) is 139 cm³/mol. The van der Waals surface area contributed by atoms with Gasteiger partial charge in [-0.05, 0) is 43.3 Å². The summed E-state index contributed by atoms with van der Waals surface area (Å²) < 4.78 is 0. The fourth-order valence-electron chi connectivity index (χ4n) is 3.17. The number of carbonyl (C=O) groups excluding carboxylic acids is 2. The average Bonchev–Trinajstić information content (AvgIpc) is 3.32. The standard InChI is InChI=1S/C25H20N4O4S2/c1-16-4-2-6-18(12-16)24(31)26-19-8-10-21(11-9-19)34-15-23(30)28-25-27-22(14-35-25)17-5-3-7-20(13-17)29(32)33/h2-14H,15H2,1H3,(H,26,31)(H,27,28,30).